The molecule has 0 bridgehead atoms. The Bertz CT molecular complexity index is 424. The molecule has 0 aliphatic carbocycles. The van der Waals surface area contributed by atoms with Crippen molar-refractivity contribution < 1.29 is 8.82 Å². The van der Waals surface area contributed by atoms with Gasteiger partial charge >= 0.3 is 0 Å². The van der Waals surface area contributed by atoms with Crippen LogP contribution in [-0.4, -0.2) is 13.3 Å². The first-order valence-corrected chi connectivity index (χ1v) is 8.55. The molecule has 0 aliphatic rings. The predicted molar refractivity (Wildman–Crippen MR) is 71.5 cm³/mol. The average Bonchev–Trinajstić information content (AvgIpc) is 2.15. The van der Waals surface area contributed by atoms with Crippen molar-refractivity contribution in [3.63, 3.8) is 0 Å². The highest BCUT2D eigenvalue weighted by Crippen LogP contribution is 2.39. The van der Waals surface area contributed by atoms with Gasteiger partial charge in [-0.05, 0) is 30.3 Å². The number of aromatic nitrogens is 1. The summed E-state index contributed by atoms with van der Waals surface area (Å²) in [5.74, 6) is -0.0640. The highest BCUT2D eigenvalue weighted by molar-refractivity contribution is 6.74. The van der Waals surface area contributed by atoms with Gasteiger partial charge in [0, 0.05) is 6.20 Å². The summed E-state index contributed by atoms with van der Waals surface area (Å²) in [5.41, 5.74) is 0.206. The monoisotopic (exact) mass is 253 g/mol. The van der Waals surface area contributed by atoms with Crippen LogP contribution < -0.4 is 0 Å². The number of rotatable bonds is 3. The van der Waals surface area contributed by atoms with Crippen molar-refractivity contribution >= 4 is 14.1 Å². The average molecular weight is 253 g/mol. The highest BCUT2D eigenvalue weighted by Gasteiger charge is 2.39. The second kappa shape index (κ2) is 4.60. The van der Waals surface area contributed by atoms with Crippen LogP contribution in [0.3, 0.4) is 0 Å². The summed E-state index contributed by atoms with van der Waals surface area (Å²) in [5, 5.41) is 0.0567. The maximum absolute atomic E-state index is 13.5. The van der Waals surface area contributed by atoms with Crippen LogP contribution in [-0.2, 0) is 4.43 Å². The van der Waals surface area contributed by atoms with E-state index in [0.717, 1.165) is 0 Å². The summed E-state index contributed by atoms with van der Waals surface area (Å²) in [6, 6.07) is 2.92. The third-order valence-corrected chi connectivity index (χ3v) is 7.58. The van der Waals surface area contributed by atoms with Crippen molar-refractivity contribution in [3.05, 3.63) is 36.4 Å². The molecule has 2 nitrogen and oxygen atoms in total. The van der Waals surface area contributed by atoms with Gasteiger partial charge in [0.2, 0.25) is 0 Å². The second-order valence-corrected chi connectivity index (χ2v) is 10.3. The molecular weight excluding hydrogens is 233 g/mol. The number of hydrogen-bond donors (Lipinski definition) is 0. The zero-order valence-corrected chi connectivity index (χ0v) is 12.2. The first kappa shape index (κ1) is 13.9. The SMILES string of the molecule is C=C(O[Si](C)(C)C(C)(C)C)c1ncccc1F. The lowest BCUT2D eigenvalue weighted by Gasteiger charge is -2.36. The molecule has 1 aromatic heterocycles. The first-order valence-electron chi connectivity index (χ1n) is 5.64. The van der Waals surface area contributed by atoms with E-state index in [1.165, 1.54) is 6.07 Å². The Balaban J connectivity index is 2.92. The molecule has 0 aliphatic heterocycles. The quantitative estimate of drug-likeness (QED) is 0.594. The van der Waals surface area contributed by atoms with Crippen molar-refractivity contribution in [1.29, 1.82) is 0 Å². The second-order valence-electron chi connectivity index (χ2n) is 5.62. The Kier molecular flexibility index (Phi) is 3.77. The summed E-state index contributed by atoms with van der Waals surface area (Å²) >= 11 is 0. The number of hydrogen-bond acceptors (Lipinski definition) is 2. The molecule has 94 valence electrons. The summed E-state index contributed by atoms with van der Waals surface area (Å²) in [6.07, 6.45) is 1.54. The van der Waals surface area contributed by atoms with Gasteiger partial charge in [-0.1, -0.05) is 27.4 Å². The van der Waals surface area contributed by atoms with E-state index in [4.69, 9.17) is 4.43 Å². The van der Waals surface area contributed by atoms with Crippen LogP contribution in [0.1, 0.15) is 26.5 Å². The largest absolute Gasteiger partial charge is 0.542 e. The lowest BCUT2D eigenvalue weighted by atomic mass is 10.2. The van der Waals surface area contributed by atoms with E-state index < -0.39 is 14.1 Å². The Morgan fingerprint density at radius 1 is 1.41 bits per heavy atom. The molecule has 0 spiro atoms. The Labute approximate surface area is 104 Å². The normalized spacial score (nSPS) is 12.4. The van der Waals surface area contributed by atoms with Crippen molar-refractivity contribution in [2.24, 2.45) is 0 Å². The van der Waals surface area contributed by atoms with Gasteiger partial charge in [0.25, 0.3) is 8.32 Å². The molecule has 0 fully saturated rings. The van der Waals surface area contributed by atoms with E-state index >= 15 is 0 Å². The van der Waals surface area contributed by atoms with Crippen molar-refractivity contribution in [2.45, 2.75) is 38.9 Å². The zero-order chi connectivity index (χ0) is 13.3. The molecule has 0 amide bonds. The van der Waals surface area contributed by atoms with E-state index in [0.29, 0.717) is 5.76 Å². The standard InChI is InChI=1S/C13H20FNOSi/c1-10(12-11(14)8-7-9-15-12)16-17(5,6)13(2,3)4/h7-9H,1H2,2-6H3. The Morgan fingerprint density at radius 2 is 2.00 bits per heavy atom. The van der Waals surface area contributed by atoms with E-state index in [1.54, 1.807) is 12.3 Å². The minimum atomic E-state index is -1.98. The van der Waals surface area contributed by atoms with Crippen LogP contribution >= 0.6 is 0 Å². The van der Waals surface area contributed by atoms with Crippen LogP contribution in [0.15, 0.2) is 24.9 Å². The minimum Gasteiger partial charge on any atom is -0.542 e. The van der Waals surface area contributed by atoms with Crippen molar-refractivity contribution in [3.8, 4) is 0 Å². The molecule has 0 saturated heterocycles. The van der Waals surface area contributed by atoms with Gasteiger partial charge in [0.15, 0.2) is 5.82 Å². The molecule has 1 aromatic rings. The molecule has 17 heavy (non-hydrogen) atoms. The maximum Gasteiger partial charge on any atom is 0.250 e. The third-order valence-electron chi connectivity index (χ3n) is 3.21. The summed E-state index contributed by atoms with van der Waals surface area (Å²) in [4.78, 5) is 3.97. The van der Waals surface area contributed by atoms with Gasteiger partial charge in [-0.25, -0.2) is 9.37 Å². The third kappa shape index (κ3) is 3.16. The van der Waals surface area contributed by atoms with Gasteiger partial charge in [-0.2, -0.15) is 0 Å². The van der Waals surface area contributed by atoms with Crippen LogP contribution in [0, 0.1) is 5.82 Å². The molecule has 0 aromatic carbocycles. The lowest BCUT2D eigenvalue weighted by molar-refractivity contribution is 0.452. The van der Waals surface area contributed by atoms with Gasteiger partial charge in [0.05, 0.1) is 0 Å². The van der Waals surface area contributed by atoms with E-state index in [2.05, 4.69) is 45.4 Å². The van der Waals surface area contributed by atoms with Gasteiger partial charge in [-0.3, -0.25) is 0 Å². The minimum absolute atomic E-state index is 0.0567. The van der Waals surface area contributed by atoms with E-state index in [9.17, 15) is 4.39 Å². The predicted octanol–water partition coefficient (Wildman–Crippen LogP) is 4.21. The topological polar surface area (TPSA) is 22.1 Å². The molecule has 1 heterocycles. The fraction of sp³-hybridized carbons (Fsp3) is 0.462. The van der Waals surface area contributed by atoms with Gasteiger partial charge in [0.1, 0.15) is 11.5 Å². The molecule has 0 unspecified atom stereocenters. The Morgan fingerprint density at radius 3 is 2.47 bits per heavy atom. The maximum atomic E-state index is 13.5. The summed E-state index contributed by atoms with van der Waals surface area (Å²) in [6.45, 7) is 14.4. The van der Waals surface area contributed by atoms with E-state index in [-0.39, 0.29) is 10.7 Å². The van der Waals surface area contributed by atoms with Crippen LogP contribution in [0.4, 0.5) is 4.39 Å². The fourth-order valence-corrected chi connectivity index (χ4v) is 2.12. The number of halogens is 1. The van der Waals surface area contributed by atoms with Gasteiger partial charge < -0.3 is 4.43 Å². The smallest absolute Gasteiger partial charge is 0.250 e. The van der Waals surface area contributed by atoms with Crippen LogP contribution in [0.2, 0.25) is 18.1 Å². The fourth-order valence-electron chi connectivity index (χ4n) is 1.10. The highest BCUT2D eigenvalue weighted by atomic mass is 28.4. The number of nitrogens with zero attached hydrogens (tertiary/aromatic N) is 1. The van der Waals surface area contributed by atoms with Gasteiger partial charge in [-0.15, -0.1) is 0 Å². The summed E-state index contributed by atoms with van der Waals surface area (Å²) < 4.78 is 19.4. The van der Waals surface area contributed by atoms with E-state index in [1.807, 2.05) is 0 Å². The van der Waals surface area contributed by atoms with Crippen LogP contribution in [0.25, 0.3) is 5.76 Å². The molecule has 0 saturated carbocycles. The molecule has 0 atom stereocenters. The number of pyridine rings is 1. The summed E-state index contributed by atoms with van der Waals surface area (Å²) in [7, 11) is -1.98. The molecule has 4 heteroatoms. The lowest BCUT2D eigenvalue weighted by Crippen LogP contribution is -2.40. The molecule has 1 rings (SSSR count). The van der Waals surface area contributed by atoms with Crippen molar-refractivity contribution in [1.82, 2.24) is 4.98 Å². The molecule has 0 N–H and O–H groups in total. The zero-order valence-electron chi connectivity index (χ0n) is 11.2. The first-order chi connectivity index (χ1) is 7.65. The van der Waals surface area contributed by atoms with Crippen molar-refractivity contribution in [2.75, 3.05) is 0 Å². The van der Waals surface area contributed by atoms with Crippen LogP contribution in [0.5, 0.6) is 0 Å². The Hall–Kier alpha value is -1.16. The molecule has 0 radical (unpaired) electrons. The molecular formula is C13H20FNOSi.